The van der Waals surface area contributed by atoms with E-state index in [9.17, 15) is 4.39 Å². The molecule has 2 nitrogen and oxygen atoms in total. The number of thiophene rings is 1. The number of rotatable bonds is 5. The van der Waals surface area contributed by atoms with Crippen LogP contribution in [0, 0.1) is 5.82 Å². The van der Waals surface area contributed by atoms with Gasteiger partial charge in [0.05, 0.1) is 0 Å². The van der Waals surface area contributed by atoms with Crippen molar-refractivity contribution in [1.29, 1.82) is 0 Å². The molecule has 0 amide bonds. The van der Waals surface area contributed by atoms with Crippen molar-refractivity contribution < 1.29 is 9.13 Å². The molecule has 0 saturated heterocycles. The summed E-state index contributed by atoms with van der Waals surface area (Å²) in [6, 6.07) is 6.84. The van der Waals surface area contributed by atoms with Crippen molar-refractivity contribution in [2.45, 2.75) is 39.5 Å². The minimum absolute atomic E-state index is 0.00339. The minimum atomic E-state index is -0.273. The Labute approximate surface area is 137 Å². The average Bonchev–Trinajstić information content (AvgIpc) is 2.79. The standard InChI is InChI=1S/C16H19BrFNOS/c1-16(2,3)19-8-11-4-13(18)7-14(5-11)20-9-15-6-12(17)10-21-15/h4-7,10,19H,8-9H2,1-3H3. The molecular weight excluding hydrogens is 353 g/mol. The van der Waals surface area contributed by atoms with Crippen molar-refractivity contribution >= 4 is 27.3 Å². The Morgan fingerprint density at radius 2 is 2.00 bits per heavy atom. The predicted octanol–water partition coefficient (Wildman–Crippen LogP) is 5.12. The first-order chi connectivity index (χ1) is 9.82. The van der Waals surface area contributed by atoms with Crippen LogP contribution in [0.3, 0.4) is 0 Å². The van der Waals surface area contributed by atoms with Crippen LogP contribution >= 0.6 is 27.3 Å². The van der Waals surface area contributed by atoms with Crippen LogP contribution in [-0.2, 0) is 13.2 Å². The number of halogens is 2. The predicted molar refractivity (Wildman–Crippen MR) is 89.3 cm³/mol. The van der Waals surface area contributed by atoms with E-state index in [1.165, 1.54) is 12.1 Å². The Kier molecular flexibility index (Phi) is 5.41. The van der Waals surface area contributed by atoms with Crippen LogP contribution in [0.25, 0.3) is 0 Å². The van der Waals surface area contributed by atoms with E-state index in [1.807, 2.05) is 17.5 Å². The van der Waals surface area contributed by atoms with Crippen molar-refractivity contribution in [3.8, 4) is 5.75 Å². The van der Waals surface area contributed by atoms with Gasteiger partial charge in [-0.1, -0.05) is 0 Å². The highest BCUT2D eigenvalue weighted by atomic mass is 79.9. The molecule has 0 spiro atoms. The number of nitrogens with one attached hydrogen (secondary N) is 1. The van der Waals surface area contributed by atoms with Gasteiger partial charge < -0.3 is 10.1 Å². The average molecular weight is 372 g/mol. The van der Waals surface area contributed by atoms with Gasteiger partial charge in [0, 0.05) is 32.9 Å². The molecule has 0 saturated carbocycles. The quantitative estimate of drug-likeness (QED) is 0.787. The first-order valence-corrected chi connectivity index (χ1v) is 8.39. The van der Waals surface area contributed by atoms with Crippen LogP contribution in [0.4, 0.5) is 4.39 Å². The lowest BCUT2D eigenvalue weighted by Gasteiger charge is -2.20. The largest absolute Gasteiger partial charge is 0.488 e. The molecule has 2 aromatic rings. The number of hydrogen-bond acceptors (Lipinski definition) is 3. The second-order valence-corrected chi connectivity index (χ2v) is 7.83. The lowest BCUT2D eigenvalue weighted by molar-refractivity contribution is 0.307. The Balaban J connectivity index is 2.01. The molecule has 0 bridgehead atoms. The number of ether oxygens (including phenoxy) is 1. The highest BCUT2D eigenvalue weighted by molar-refractivity contribution is 9.10. The van der Waals surface area contributed by atoms with Gasteiger partial charge in [-0.05, 0) is 60.5 Å². The first-order valence-electron chi connectivity index (χ1n) is 6.72. The summed E-state index contributed by atoms with van der Waals surface area (Å²) in [7, 11) is 0. The van der Waals surface area contributed by atoms with Crippen molar-refractivity contribution in [3.63, 3.8) is 0 Å². The Hall–Kier alpha value is -0.910. The van der Waals surface area contributed by atoms with Crippen molar-refractivity contribution in [3.05, 3.63) is 50.4 Å². The molecule has 21 heavy (non-hydrogen) atoms. The van der Waals surface area contributed by atoms with E-state index >= 15 is 0 Å². The molecule has 0 aliphatic carbocycles. The summed E-state index contributed by atoms with van der Waals surface area (Å²) in [4.78, 5) is 1.10. The van der Waals surface area contributed by atoms with E-state index in [4.69, 9.17) is 4.74 Å². The molecule has 1 aromatic heterocycles. The molecule has 2 rings (SSSR count). The molecule has 0 aliphatic rings. The molecule has 0 radical (unpaired) electrons. The van der Waals surface area contributed by atoms with Crippen LogP contribution in [0.5, 0.6) is 5.75 Å². The van der Waals surface area contributed by atoms with E-state index < -0.39 is 0 Å². The summed E-state index contributed by atoms with van der Waals surface area (Å²) in [6.45, 7) is 7.31. The fourth-order valence-corrected chi connectivity index (χ4v) is 3.12. The van der Waals surface area contributed by atoms with Gasteiger partial charge in [-0.3, -0.25) is 0 Å². The highest BCUT2D eigenvalue weighted by Crippen LogP contribution is 2.23. The second-order valence-electron chi connectivity index (χ2n) is 5.92. The normalized spacial score (nSPS) is 11.7. The SMILES string of the molecule is CC(C)(C)NCc1cc(F)cc(OCc2cc(Br)cs2)c1. The monoisotopic (exact) mass is 371 g/mol. The Morgan fingerprint density at radius 3 is 2.62 bits per heavy atom. The topological polar surface area (TPSA) is 21.3 Å². The maximum absolute atomic E-state index is 13.7. The third kappa shape index (κ3) is 5.77. The lowest BCUT2D eigenvalue weighted by Crippen LogP contribution is -2.35. The van der Waals surface area contributed by atoms with Crippen molar-refractivity contribution in [1.82, 2.24) is 5.32 Å². The summed E-state index contributed by atoms with van der Waals surface area (Å²) in [5, 5.41) is 5.35. The zero-order valence-electron chi connectivity index (χ0n) is 12.4. The first kappa shape index (κ1) is 16.5. The van der Waals surface area contributed by atoms with Gasteiger partial charge in [0.25, 0.3) is 0 Å². The fraction of sp³-hybridized carbons (Fsp3) is 0.375. The third-order valence-corrected chi connectivity index (χ3v) is 4.43. The second kappa shape index (κ2) is 6.90. The maximum Gasteiger partial charge on any atom is 0.127 e. The summed E-state index contributed by atoms with van der Waals surface area (Å²) in [6.07, 6.45) is 0. The summed E-state index contributed by atoms with van der Waals surface area (Å²) < 4.78 is 20.4. The summed E-state index contributed by atoms with van der Waals surface area (Å²) >= 11 is 5.02. The fourth-order valence-electron chi connectivity index (χ4n) is 1.76. The van der Waals surface area contributed by atoms with E-state index in [0.717, 1.165) is 14.9 Å². The zero-order valence-corrected chi connectivity index (χ0v) is 14.8. The molecule has 0 fully saturated rings. The van der Waals surface area contributed by atoms with Gasteiger partial charge >= 0.3 is 0 Å². The molecule has 114 valence electrons. The van der Waals surface area contributed by atoms with E-state index in [0.29, 0.717) is 18.9 Å². The van der Waals surface area contributed by atoms with Gasteiger partial charge in [-0.15, -0.1) is 11.3 Å². The van der Waals surface area contributed by atoms with Gasteiger partial charge in [0.1, 0.15) is 18.2 Å². The maximum atomic E-state index is 13.7. The van der Waals surface area contributed by atoms with Crippen LogP contribution < -0.4 is 10.1 Å². The zero-order chi connectivity index (χ0) is 15.5. The van der Waals surface area contributed by atoms with Crippen molar-refractivity contribution in [2.75, 3.05) is 0 Å². The van der Waals surface area contributed by atoms with E-state index in [2.05, 4.69) is 42.0 Å². The Bertz CT molecular complexity index is 607. The van der Waals surface area contributed by atoms with Crippen LogP contribution in [0.15, 0.2) is 34.1 Å². The van der Waals surface area contributed by atoms with Gasteiger partial charge in [0.2, 0.25) is 0 Å². The van der Waals surface area contributed by atoms with E-state index in [1.54, 1.807) is 11.3 Å². The molecular formula is C16H19BrFNOS. The van der Waals surface area contributed by atoms with Crippen molar-refractivity contribution in [2.24, 2.45) is 0 Å². The van der Waals surface area contributed by atoms with Crippen LogP contribution in [0.2, 0.25) is 0 Å². The van der Waals surface area contributed by atoms with Crippen LogP contribution in [0.1, 0.15) is 31.2 Å². The minimum Gasteiger partial charge on any atom is -0.488 e. The van der Waals surface area contributed by atoms with E-state index in [-0.39, 0.29) is 11.4 Å². The molecule has 1 N–H and O–H groups in total. The molecule has 0 aliphatic heterocycles. The molecule has 0 unspecified atom stereocenters. The third-order valence-electron chi connectivity index (χ3n) is 2.76. The van der Waals surface area contributed by atoms with Gasteiger partial charge in [-0.25, -0.2) is 4.39 Å². The summed E-state index contributed by atoms with van der Waals surface area (Å²) in [5.74, 6) is 0.288. The molecule has 1 heterocycles. The highest BCUT2D eigenvalue weighted by Gasteiger charge is 2.10. The van der Waals surface area contributed by atoms with Gasteiger partial charge in [0.15, 0.2) is 0 Å². The molecule has 1 aromatic carbocycles. The number of hydrogen-bond donors (Lipinski definition) is 1. The summed E-state index contributed by atoms with van der Waals surface area (Å²) in [5.41, 5.74) is 0.878. The molecule has 0 atom stereocenters. The van der Waals surface area contributed by atoms with Gasteiger partial charge in [-0.2, -0.15) is 0 Å². The molecule has 5 heteroatoms. The smallest absolute Gasteiger partial charge is 0.127 e. The lowest BCUT2D eigenvalue weighted by atomic mass is 10.1. The number of benzene rings is 1. The Morgan fingerprint density at radius 1 is 1.24 bits per heavy atom. The van der Waals surface area contributed by atoms with Crippen LogP contribution in [-0.4, -0.2) is 5.54 Å².